The Morgan fingerprint density at radius 3 is 1.03 bits per heavy atom. The van der Waals surface area contributed by atoms with E-state index in [-0.39, 0.29) is 31.6 Å². The van der Waals surface area contributed by atoms with Gasteiger partial charge in [-0.2, -0.15) is 0 Å². The molecular formula is C57H88O5. The Hall–Kier alpha value is -4.22. The Kier molecular flexibility index (Phi) is 47.7. The lowest BCUT2D eigenvalue weighted by Gasteiger charge is -2.15. The van der Waals surface area contributed by atoms with Gasteiger partial charge in [0.2, 0.25) is 0 Å². The number of aliphatic hydroxyl groups excluding tert-OH is 1. The van der Waals surface area contributed by atoms with E-state index >= 15 is 0 Å². The fraction of sp³-hybridized carbons (Fsp3) is 0.544. The van der Waals surface area contributed by atoms with Crippen molar-refractivity contribution in [3.05, 3.63) is 146 Å². The smallest absolute Gasteiger partial charge is 0.306 e. The number of unbranched alkanes of at least 4 members (excludes halogenated alkanes) is 10. The predicted molar refractivity (Wildman–Crippen MR) is 269 cm³/mol. The number of rotatable bonds is 42. The molecule has 0 saturated carbocycles. The SMILES string of the molecule is CC/C=C\C/C=C\C/C=C\C/C=C\C/C=C\C/C=C\C/C=C\C/C=C\CCCCCCCCCCCCC(=O)OC(CO)COC(=O)CC/C=C\C/C=C\C/C=C\C/C=C\CC. The van der Waals surface area contributed by atoms with Crippen molar-refractivity contribution < 1.29 is 24.2 Å². The largest absolute Gasteiger partial charge is 0.462 e. The Balaban J connectivity index is 3.63. The molecule has 346 valence electrons. The number of ether oxygens (including phenoxy) is 2. The number of hydrogen-bond acceptors (Lipinski definition) is 5. The summed E-state index contributed by atoms with van der Waals surface area (Å²) in [5.41, 5.74) is 0. The highest BCUT2D eigenvalue weighted by atomic mass is 16.6. The maximum Gasteiger partial charge on any atom is 0.306 e. The van der Waals surface area contributed by atoms with Crippen LogP contribution >= 0.6 is 0 Å². The second-order valence-corrected chi connectivity index (χ2v) is 15.4. The van der Waals surface area contributed by atoms with Gasteiger partial charge in [0.25, 0.3) is 0 Å². The average molecular weight is 853 g/mol. The molecule has 1 N–H and O–H groups in total. The first-order chi connectivity index (χ1) is 30.6. The van der Waals surface area contributed by atoms with Crippen LogP contribution in [0.3, 0.4) is 0 Å². The molecule has 0 aromatic rings. The van der Waals surface area contributed by atoms with Crippen molar-refractivity contribution >= 4 is 11.9 Å². The summed E-state index contributed by atoms with van der Waals surface area (Å²) in [4.78, 5) is 24.3. The third-order valence-corrected chi connectivity index (χ3v) is 9.64. The first kappa shape index (κ1) is 57.8. The van der Waals surface area contributed by atoms with E-state index in [1.165, 1.54) is 51.4 Å². The number of aliphatic hydroxyl groups is 1. The normalized spacial score (nSPS) is 13.5. The number of esters is 2. The molecule has 0 aliphatic carbocycles. The van der Waals surface area contributed by atoms with Crippen molar-refractivity contribution in [2.24, 2.45) is 0 Å². The maximum absolute atomic E-state index is 12.2. The summed E-state index contributed by atoms with van der Waals surface area (Å²) in [5, 5.41) is 9.58. The Morgan fingerprint density at radius 1 is 0.371 bits per heavy atom. The number of carbonyl (C=O) groups excluding carboxylic acids is 2. The van der Waals surface area contributed by atoms with E-state index in [2.05, 4.69) is 148 Å². The minimum Gasteiger partial charge on any atom is -0.462 e. The van der Waals surface area contributed by atoms with Gasteiger partial charge in [-0.1, -0.05) is 211 Å². The minimum absolute atomic E-state index is 0.115. The molecule has 0 aliphatic heterocycles. The first-order valence-corrected chi connectivity index (χ1v) is 24.4. The summed E-state index contributed by atoms with van der Waals surface area (Å²) in [6.45, 7) is 3.82. The molecule has 0 rings (SSSR count). The van der Waals surface area contributed by atoms with Crippen LogP contribution in [0.15, 0.2) is 146 Å². The highest BCUT2D eigenvalue weighted by molar-refractivity contribution is 5.70. The molecule has 1 atom stereocenters. The van der Waals surface area contributed by atoms with E-state index in [1.54, 1.807) is 0 Å². The molecule has 0 amide bonds. The van der Waals surface area contributed by atoms with Crippen LogP contribution in [0.2, 0.25) is 0 Å². The lowest BCUT2D eigenvalue weighted by Crippen LogP contribution is -2.28. The van der Waals surface area contributed by atoms with Crippen LogP contribution in [0.5, 0.6) is 0 Å². The van der Waals surface area contributed by atoms with Gasteiger partial charge >= 0.3 is 11.9 Å². The molecule has 62 heavy (non-hydrogen) atoms. The molecule has 0 heterocycles. The van der Waals surface area contributed by atoms with Gasteiger partial charge in [0.15, 0.2) is 6.10 Å². The van der Waals surface area contributed by atoms with Crippen molar-refractivity contribution in [1.29, 1.82) is 0 Å². The molecule has 5 heteroatoms. The van der Waals surface area contributed by atoms with Crippen LogP contribution < -0.4 is 0 Å². The van der Waals surface area contributed by atoms with Crippen LogP contribution in [0.4, 0.5) is 0 Å². The Morgan fingerprint density at radius 2 is 0.677 bits per heavy atom. The van der Waals surface area contributed by atoms with Crippen molar-refractivity contribution in [2.75, 3.05) is 13.2 Å². The van der Waals surface area contributed by atoms with Gasteiger partial charge in [-0.15, -0.1) is 0 Å². The molecule has 0 bridgehead atoms. The summed E-state index contributed by atoms with van der Waals surface area (Å²) < 4.78 is 10.6. The molecule has 0 spiro atoms. The summed E-state index contributed by atoms with van der Waals surface area (Å²) in [6.07, 6.45) is 78.1. The number of carbonyl (C=O) groups is 2. The highest BCUT2D eigenvalue weighted by Crippen LogP contribution is 2.13. The second-order valence-electron chi connectivity index (χ2n) is 15.4. The van der Waals surface area contributed by atoms with E-state index in [1.807, 2.05) is 12.2 Å². The molecule has 0 aliphatic rings. The van der Waals surface area contributed by atoms with Crippen LogP contribution in [0.25, 0.3) is 0 Å². The standard InChI is InChI=1S/C57H88O5/c1-3-5-7-9-11-13-15-17-18-19-20-21-22-23-24-25-26-27-28-29-30-31-32-33-34-35-36-37-38-40-42-44-46-48-50-52-57(60)62-55(53-58)54-61-56(59)51-49-47-45-43-41-39-16-14-12-10-8-6-4-2/h5-8,11-14,17-18,20-21,23-24,26-27,29-30,32-33,39,41,45,47,55,58H,3-4,9-10,15-16,19,22,25,28,31,34-38,40,42-44,46,48-54H2,1-2H3/b7-5-,8-6-,13-11-,14-12-,18-17-,21-20-,24-23-,27-26-,30-29-,33-32-,41-39-,47-45-. The second kappa shape index (κ2) is 51.1. The zero-order valence-corrected chi connectivity index (χ0v) is 39.3. The predicted octanol–water partition coefficient (Wildman–Crippen LogP) is 16.3. The van der Waals surface area contributed by atoms with Crippen molar-refractivity contribution in [2.45, 2.75) is 187 Å². The summed E-state index contributed by atoms with van der Waals surface area (Å²) in [6, 6.07) is 0. The molecular weight excluding hydrogens is 765 g/mol. The van der Waals surface area contributed by atoms with E-state index in [4.69, 9.17) is 9.47 Å². The van der Waals surface area contributed by atoms with Crippen LogP contribution in [0.1, 0.15) is 181 Å². The number of hydrogen-bond donors (Lipinski definition) is 1. The topological polar surface area (TPSA) is 72.8 Å². The minimum atomic E-state index is -0.813. The lowest BCUT2D eigenvalue weighted by atomic mass is 10.0. The summed E-state index contributed by atoms with van der Waals surface area (Å²) in [7, 11) is 0. The quantitative estimate of drug-likeness (QED) is 0.0376. The molecule has 0 aromatic heterocycles. The molecule has 5 nitrogen and oxygen atoms in total. The van der Waals surface area contributed by atoms with Gasteiger partial charge < -0.3 is 14.6 Å². The molecule has 0 aromatic carbocycles. The van der Waals surface area contributed by atoms with Crippen molar-refractivity contribution in [3.8, 4) is 0 Å². The van der Waals surface area contributed by atoms with Crippen molar-refractivity contribution in [1.82, 2.24) is 0 Å². The van der Waals surface area contributed by atoms with Gasteiger partial charge in [-0.05, 0) is 103 Å². The molecule has 0 saturated heterocycles. The maximum atomic E-state index is 12.2. The number of allylic oxidation sites excluding steroid dienone is 24. The fourth-order valence-corrected chi connectivity index (χ4v) is 6.05. The van der Waals surface area contributed by atoms with E-state index < -0.39 is 6.10 Å². The van der Waals surface area contributed by atoms with E-state index in [0.717, 1.165) is 96.3 Å². The summed E-state index contributed by atoms with van der Waals surface area (Å²) >= 11 is 0. The molecule has 1 unspecified atom stereocenters. The highest BCUT2D eigenvalue weighted by Gasteiger charge is 2.15. The first-order valence-electron chi connectivity index (χ1n) is 24.4. The zero-order chi connectivity index (χ0) is 44.9. The van der Waals surface area contributed by atoms with Gasteiger partial charge in [-0.3, -0.25) is 9.59 Å². The van der Waals surface area contributed by atoms with E-state index in [9.17, 15) is 14.7 Å². The Bertz CT molecular complexity index is 1380. The third-order valence-electron chi connectivity index (χ3n) is 9.64. The van der Waals surface area contributed by atoms with Crippen LogP contribution in [0, 0.1) is 0 Å². The van der Waals surface area contributed by atoms with Gasteiger partial charge in [0.05, 0.1) is 6.61 Å². The third kappa shape index (κ3) is 48.4. The monoisotopic (exact) mass is 853 g/mol. The van der Waals surface area contributed by atoms with Crippen molar-refractivity contribution in [3.63, 3.8) is 0 Å². The average Bonchev–Trinajstić information content (AvgIpc) is 3.28. The fourth-order valence-electron chi connectivity index (χ4n) is 6.05. The molecule has 0 fully saturated rings. The molecule has 0 radical (unpaired) electrons. The van der Waals surface area contributed by atoms with Gasteiger partial charge in [0.1, 0.15) is 6.61 Å². The van der Waals surface area contributed by atoms with Crippen LogP contribution in [-0.4, -0.2) is 36.4 Å². The van der Waals surface area contributed by atoms with E-state index in [0.29, 0.717) is 12.8 Å². The lowest BCUT2D eigenvalue weighted by molar-refractivity contribution is -0.161. The van der Waals surface area contributed by atoms with Gasteiger partial charge in [-0.25, -0.2) is 0 Å². The van der Waals surface area contributed by atoms with Crippen LogP contribution in [-0.2, 0) is 19.1 Å². The van der Waals surface area contributed by atoms with Gasteiger partial charge in [0, 0.05) is 12.8 Å². The summed E-state index contributed by atoms with van der Waals surface area (Å²) in [5.74, 6) is -0.703. The zero-order valence-electron chi connectivity index (χ0n) is 39.3. The Labute approximate surface area is 380 Å².